The maximum atomic E-state index is 8.89. The summed E-state index contributed by atoms with van der Waals surface area (Å²) in [4.78, 5) is 8.89. The van der Waals surface area contributed by atoms with Crippen molar-refractivity contribution < 1.29 is 14.4 Å². The highest BCUT2D eigenvalue weighted by Crippen LogP contribution is 2.16. The van der Waals surface area contributed by atoms with E-state index in [1.54, 1.807) is 6.07 Å². The first-order valence-electron chi connectivity index (χ1n) is 9.73. The van der Waals surface area contributed by atoms with Crippen molar-refractivity contribution >= 4 is 5.97 Å². The lowest BCUT2D eigenvalue weighted by Gasteiger charge is -2.39. The number of nitriles is 1. The Kier molecular flexibility index (Phi) is 25.3. The summed E-state index contributed by atoms with van der Waals surface area (Å²) in [6.07, 6.45) is 11.1. The molecule has 0 aromatic rings. The van der Waals surface area contributed by atoms with E-state index in [1.807, 2.05) is 0 Å². The molecule has 0 rings (SSSR count). The normalized spacial score (nSPS) is 9.88. The van der Waals surface area contributed by atoms with Crippen molar-refractivity contribution in [3.63, 3.8) is 0 Å². The molecule has 0 saturated heterocycles. The second kappa shape index (κ2) is 21.9. The SMILES string of the molecule is CC#N.CC(=O)[O-].CCCC[N+](CCCC)(CCCC)CCCC. The van der Waals surface area contributed by atoms with Gasteiger partial charge in [0, 0.05) is 12.9 Å². The van der Waals surface area contributed by atoms with Crippen LogP contribution in [-0.4, -0.2) is 36.6 Å². The lowest BCUT2D eigenvalue weighted by molar-refractivity contribution is -0.929. The molecule has 0 atom stereocenters. The Morgan fingerprint density at radius 2 is 1.00 bits per heavy atom. The van der Waals surface area contributed by atoms with Crippen molar-refractivity contribution in [1.82, 2.24) is 0 Å². The Hall–Kier alpha value is -1.08. The lowest BCUT2D eigenvalue weighted by atomic mass is 10.1. The first-order valence-corrected chi connectivity index (χ1v) is 9.73. The van der Waals surface area contributed by atoms with Gasteiger partial charge in [0.25, 0.3) is 0 Å². The van der Waals surface area contributed by atoms with Crippen molar-refractivity contribution in [3.8, 4) is 6.07 Å². The van der Waals surface area contributed by atoms with Gasteiger partial charge in [-0.05, 0) is 32.6 Å². The summed E-state index contributed by atoms with van der Waals surface area (Å²) in [5.74, 6) is -1.08. The molecule has 4 nitrogen and oxygen atoms in total. The van der Waals surface area contributed by atoms with Crippen LogP contribution in [0.5, 0.6) is 0 Å². The highest BCUT2D eigenvalue weighted by atomic mass is 16.4. The van der Waals surface area contributed by atoms with Crippen LogP contribution in [0, 0.1) is 11.3 Å². The van der Waals surface area contributed by atoms with Gasteiger partial charge in [0.1, 0.15) is 0 Å². The zero-order valence-corrected chi connectivity index (χ0v) is 17.2. The number of hydrogen-bond acceptors (Lipinski definition) is 3. The van der Waals surface area contributed by atoms with E-state index >= 15 is 0 Å². The number of carbonyl (C=O) groups is 1. The molecular formula is C20H42N2O2. The molecule has 0 aliphatic rings. The number of unbranched alkanes of at least 4 members (excludes halogenated alkanes) is 4. The molecule has 0 radical (unpaired) electrons. The van der Waals surface area contributed by atoms with Gasteiger partial charge in [-0.1, -0.05) is 53.4 Å². The average Bonchev–Trinajstić information content (AvgIpc) is 2.54. The van der Waals surface area contributed by atoms with Gasteiger partial charge in [-0.3, -0.25) is 0 Å². The van der Waals surface area contributed by atoms with E-state index in [0.717, 1.165) is 6.92 Å². The molecule has 24 heavy (non-hydrogen) atoms. The van der Waals surface area contributed by atoms with Gasteiger partial charge in [0.2, 0.25) is 0 Å². The molecule has 0 bridgehead atoms. The quantitative estimate of drug-likeness (QED) is 0.497. The Balaban J connectivity index is -0.000000531. The van der Waals surface area contributed by atoms with Gasteiger partial charge in [0.15, 0.2) is 0 Å². The summed E-state index contributed by atoms with van der Waals surface area (Å²) in [6.45, 7) is 17.4. The zero-order valence-electron chi connectivity index (χ0n) is 17.2. The van der Waals surface area contributed by atoms with Gasteiger partial charge < -0.3 is 14.4 Å². The van der Waals surface area contributed by atoms with Crippen molar-refractivity contribution in [1.29, 1.82) is 5.26 Å². The predicted octanol–water partition coefficient (Wildman–Crippen LogP) is 4.29. The summed E-state index contributed by atoms with van der Waals surface area (Å²) in [5, 5.41) is 16.2. The smallest absolute Gasteiger partial charge is 0.0786 e. The number of carbonyl (C=O) groups excluding carboxylic acids is 1. The summed E-state index contributed by atoms with van der Waals surface area (Å²) in [7, 11) is 0. The van der Waals surface area contributed by atoms with Crippen LogP contribution in [0.4, 0.5) is 0 Å². The molecule has 0 N–H and O–H groups in total. The highest BCUT2D eigenvalue weighted by molar-refractivity contribution is 5.60. The number of nitrogens with zero attached hydrogens (tertiary/aromatic N) is 2. The number of quaternary nitrogens is 1. The van der Waals surface area contributed by atoms with Crippen molar-refractivity contribution in [2.45, 2.75) is 92.9 Å². The fourth-order valence-corrected chi connectivity index (χ4v) is 2.64. The van der Waals surface area contributed by atoms with E-state index in [-0.39, 0.29) is 0 Å². The number of rotatable bonds is 12. The second-order valence-electron chi connectivity index (χ2n) is 6.37. The molecule has 0 heterocycles. The minimum Gasteiger partial charge on any atom is -0.550 e. The summed E-state index contributed by atoms with van der Waals surface area (Å²) >= 11 is 0. The van der Waals surface area contributed by atoms with Crippen LogP contribution in [-0.2, 0) is 4.79 Å². The molecule has 0 aromatic carbocycles. The van der Waals surface area contributed by atoms with E-state index in [0.29, 0.717) is 0 Å². The molecule has 0 aromatic heterocycles. The number of carboxylic acids is 1. The van der Waals surface area contributed by atoms with Crippen LogP contribution >= 0.6 is 0 Å². The predicted molar refractivity (Wildman–Crippen MR) is 101 cm³/mol. The van der Waals surface area contributed by atoms with Crippen LogP contribution in [0.2, 0.25) is 0 Å². The van der Waals surface area contributed by atoms with Crippen LogP contribution in [0.25, 0.3) is 0 Å². The fourth-order valence-electron chi connectivity index (χ4n) is 2.64. The van der Waals surface area contributed by atoms with Gasteiger partial charge in [-0.25, -0.2) is 0 Å². The van der Waals surface area contributed by atoms with Crippen LogP contribution in [0.1, 0.15) is 92.9 Å². The van der Waals surface area contributed by atoms with Crippen LogP contribution in [0.3, 0.4) is 0 Å². The molecule has 0 aliphatic carbocycles. The molecule has 0 spiro atoms. The molecule has 0 aliphatic heterocycles. The molecule has 0 saturated carbocycles. The second-order valence-corrected chi connectivity index (χ2v) is 6.37. The fraction of sp³-hybridized carbons (Fsp3) is 0.900. The molecule has 144 valence electrons. The standard InChI is InChI=1S/C16H36N.C2H3N.C2H4O2/c1-5-9-13-17(14-10-6-2,15-11-7-3)16-12-8-4;1-2-3;1-2(3)4/h5-16H2,1-4H3;1H3;1H3,(H,3,4)/q+1;;/p-1. The van der Waals surface area contributed by atoms with Gasteiger partial charge in [-0.2, -0.15) is 5.26 Å². The minimum absolute atomic E-state index is 0.972. The maximum Gasteiger partial charge on any atom is 0.0786 e. The third-order valence-electron chi connectivity index (χ3n) is 3.94. The van der Waals surface area contributed by atoms with E-state index < -0.39 is 5.97 Å². The summed E-state index contributed by atoms with van der Waals surface area (Å²) < 4.78 is 1.42. The third kappa shape index (κ3) is 23.2. The van der Waals surface area contributed by atoms with E-state index in [1.165, 1.54) is 89.0 Å². The number of hydrogen-bond donors (Lipinski definition) is 0. The Labute approximate surface area is 151 Å². The topological polar surface area (TPSA) is 63.9 Å². The number of carboxylic acid groups (broad SMARTS) is 1. The summed E-state index contributed by atoms with van der Waals surface area (Å²) in [5.41, 5.74) is 0. The molecule has 0 unspecified atom stereocenters. The van der Waals surface area contributed by atoms with E-state index in [2.05, 4.69) is 27.7 Å². The highest BCUT2D eigenvalue weighted by Gasteiger charge is 2.24. The first-order chi connectivity index (χ1) is 11.4. The van der Waals surface area contributed by atoms with Crippen LogP contribution in [0.15, 0.2) is 0 Å². The zero-order chi connectivity index (χ0) is 19.3. The van der Waals surface area contributed by atoms with Crippen molar-refractivity contribution in [2.24, 2.45) is 0 Å². The molecule has 4 heteroatoms. The molecule has 0 fully saturated rings. The van der Waals surface area contributed by atoms with E-state index in [4.69, 9.17) is 15.2 Å². The Morgan fingerprint density at radius 3 is 1.12 bits per heavy atom. The maximum absolute atomic E-state index is 8.89. The molecular weight excluding hydrogens is 300 g/mol. The van der Waals surface area contributed by atoms with Crippen LogP contribution < -0.4 is 5.11 Å². The van der Waals surface area contributed by atoms with E-state index in [9.17, 15) is 0 Å². The molecule has 0 amide bonds. The third-order valence-corrected chi connectivity index (χ3v) is 3.94. The Morgan fingerprint density at radius 1 is 0.833 bits per heavy atom. The lowest BCUT2D eigenvalue weighted by Crippen LogP contribution is -2.50. The van der Waals surface area contributed by atoms with Gasteiger partial charge >= 0.3 is 0 Å². The monoisotopic (exact) mass is 342 g/mol. The summed E-state index contributed by atoms with van der Waals surface area (Å²) in [6, 6.07) is 1.75. The average molecular weight is 343 g/mol. The van der Waals surface area contributed by atoms with Gasteiger partial charge in [0.05, 0.1) is 32.2 Å². The van der Waals surface area contributed by atoms with Crippen molar-refractivity contribution in [3.05, 3.63) is 0 Å². The largest absolute Gasteiger partial charge is 0.550 e. The van der Waals surface area contributed by atoms with Gasteiger partial charge in [-0.15, -0.1) is 0 Å². The Bertz CT molecular complexity index is 257. The number of aliphatic carboxylic acids is 1. The minimum atomic E-state index is -1.08. The van der Waals surface area contributed by atoms with Crippen molar-refractivity contribution in [2.75, 3.05) is 26.2 Å². The first kappa shape index (κ1) is 27.8.